The summed E-state index contributed by atoms with van der Waals surface area (Å²) in [6, 6.07) is 27.2. The number of hydrogen-bond donors (Lipinski definition) is 2. The zero-order valence-electron chi connectivity index (χ0n) is 29.7. The SMILES string of the molecule is CCCN(CCC)c1c2ccccc2c(C2C([O-])C(c3c4ccccc4c(N(CCC)CCC)c4cccc(O)c34)C2[O-])c2c(O)cccc12. The second-order valence-electron chi connectivity index (χ2n) is 14.0. The summed E-state index contributed by atoms with van der Waals surface area (Å²) >= 11 is 0. The van der Waals surface area contributed by atoms with Crippen molar-refractivity contribution in [2.45, 2.75) is 77.4 Å². The molecule has 1 fully saturated rings. The molecule has 0 aliphatic heterocycles. The van der Waals surface area contributed by atoms with E-state index < -0.39 is 24.0 Å². The minimum Gasteiger partial charge on any atom is -0.851 e. The molecule has 0 heterocycles. The van der Waals surface area contributed by atoms with E-state index in [-0.39, 0.29) is 11.5 Å². The van der Waals surface area contributed by atoms with Crippen molar-refractivity contribution < 1.29 is 20.4 Å². The lowest BCUT2D eigenvalue weighted by atomic mass is 9.60. The average Bonchev–Trinajstić information content (AvgIpc) is 3.11. The highest BCUT2D eigenvalue weighted by molar-refractivity contribution is 6.17. The maximum Gasteiger partial charge on any atom is 0.123 e. The van der Waals surface area contributed by atoms with Gasteiger partial charge in [-0.15, -0.1) is 12.2 Å². The topological polar surface area (TPSA) is 93.1 Å². The minimum absolute atomic E-state index is 0.0881. The lowest BCUT2D eigenvalue weighted by Crippen LogP contribution is -2.63. The summed E-state index contributed by atoms with van der Waals surface area (Å²) in [6.45, 7) is 12.1. The number of hydrogen-bond acceptors (Lipinski definition) is 6. The van der Waals surface area contributed by atoms with E-state index in [1.54, 1.807) is 12.1 Å². The number of benzene rings is 6. The Morgan fingerprint density at radius 2 is 0.780 bits per heavy atom. The molecule has 1 aliphatic rings. The molecule has 6 aromatic carbocycles. The highest BCUT2D eigenvalue weighted by Gasteiger charge is 2.43. The van der Waals surface area contributed by atoms with E-state index in [4.69, 9.17) is 0 Å². The number of fused-ring (bicyclic) bond motifs is 4. The molecule has 0 aromatic heterocycles. The maximum atomic E-state index is 14.9. The van der Waals surface area contributed by atoms with Gasteiger partial charge in [0.25, 0.3) is 0 Å². The third-order valence-corrected chi connectivity index (χ3v) is 10.8. The molecule has 2 N–H and O–H groups in total. The Kier molecular flexibility index (Phi) is 9.51. The second-order valence-corrected chi connectivity index (χ2v) is 14.0. The van der Waals surface area contributed by atoms with Crippen LogP contribution in [0.2, 0.25) is 0 Å². The fourth-order valence-electron chi connectivity index (χ4n) is 8.91. The van der Waals surface area contributed by atoms with Crippen molar-refractivity contribution in [3.63, 3.8) is 0 Å². The largest absolute Gasteiger partial charge is 0.851 e. The van der Waals surface area contributed by atoms with Crippen LogP contribution in [0, 0.1) is 0 Å². The number of phenols is 2. The summed E-state index contributed by atoms with van der Waals surface area (Å²) in [5.74, 6) is -1.58. The lowest BCUT2D eigenvalue weighted by molar-refractivity contribution is -0.535. The Morgan fingerprint density at radius 1 is 0.460 bits per heavy atom. The third-order valence-electron chi connectivity index (χ3n) is 10.8. The Morgan fingerprint density at radius 3 is 1.12 bits per heavy atom. The van der Waals surface area contributed by atoms with Gasteiger partial charge in [0.1, 0.15) is 11.5 Å². The van der Waals surface area contributed by atoms with Crippen molar-refractivity contribution in [1.82, 2.24) is 0 Å². The van der Waals surface area contributed by atoms with Crippen molar-refractivity contribution in [1.29, 1.82) is 0 Å². The highest BCUT2D eigenvalue weighted by atomic mass is 16.3. The summed E-state index contributed by atoms with van der Waals surface area (Å²) in [6.07, 6.45) is 1.30. The summed E-state index contributed by atoms with van der Waals surface area (Å²) in [5.41, 5.74) is 3.38. The van der Waals surface area contributed by atoms with Crippen LogP contribution in [-0.4, -0.2) is 48.6 Å². The van der Waals surface area contributed by atoms with Crippen molar-refractivity contribution in [3.05, 3.63) is 96.1 Å². The quantitative estimate of drug-likeness (QED) is 0.128. The van der Waals surface area contributed by atoms with Gasteiger partial charge in [0.15, 0.2) is 0 Å². The predicted molar refractivity (Wildman–Crippen MR) is 205 cm³/mol. The highest BCUT2D eigenvalue weighted by Crippen LogP contribution is 2.56. The molecule has 7 rings (SSSR count). The standard InChI is InChI=1S/C44H48N2O4/c1-5-23-45(24-6-2)41-29-17-11-9-15-27(29)37(35-31(41)19-13-21-33(35)47)39-43(49)40(44(39)50)38-28-16-10-12-18-30(28)42(46(25-7-3)26-8-4)32-20-14-22-34(48)36(32)38/h9-22,39-40,43-44,47-48H,5-8,23-26H2,1-4H3/q-2. The molecule has 0 radical (unpaired) electrons. The smallest absolute Gasteiger partial charge is 0.123 e. The van der Waals surface area contributed by atoms with Gasteiger partial charge >= 0.3 is 0 Å². The van der Waals surface area contributed by atoms with Gasteiger partial charge in [-0.3, -0.25) is 0 Å². The monoisotopic (exact) mass is 668 g/mol. The molecule has 1 aliphatic carbocycles. The zero-order chi connectivity index (χ0) is 35.1. The molecule has 0 amide bonds. The van der Waals surface area contributed by atoms with Crippen molar-refractivity contribution in [3.8, 4) is 11.5 Å². The minimum atomic E-state index is -1.28. The fraction of sp³-hybridized carbons (Fsp3) is 0.364. The van der Waals surface area contributed by atoms with Crippen LogP contribution in [0.1, 0.15) is 76.3 Å². The maximum absolute atomic E-state index is 14.9. The molecule has 260 valence electrons. The predicted octanol–water partition coefficient (Wildman–Crippen LogP) is 8.30. The normalized spacial score (nSPS) is 19.0. The van der Waals surface area contributed by atoms with E-state index in [1.165, 1.54) is 0 Å². The third kappa shape index (κ3) is 5.32. The molecule has 6 nitrogen and oxygen atoms in total. The summed E-state index contributed by atoms with van der Waals surface area (Å²) in [7, 11) is 0. The number of rotatable bonds is 12. The van der Waals surface area contributed by atoms with Crippen LogP contribution in [0.5, 0.6) is 11.5 Å². The molecule has 0 spiro atoms. The van der Waals surface area contributed by atoms with E-state index in [0.717, 1.165) is 95.6 Å². The molecule has 6 aromatic rings. The second kappa shape index (κ2) is 14.0. The van der Waals surface area contributed by atoms with Gasteiger partial charge in [0, 0.05) is 58.5 Å². The summed E-state index contributed by atoms with van der Waals surface area (Å²) < 4.78 is 0. The van der Waals surface area contributed by atoms with E-state index in [1.807, 2.05) is 60.7 Å². The first-order valence-electron chi connectivity index (χ1n) is 18.5. The van der Waals surface area contributed by atoms with E-state index in [0.29, 0.717) is 21.9 Å². The van der Waals surface area contributed by atoms with Crippen LogP contribution in [0.25, 0.3) is 43.1 Å². The Balaban J connectivity index is 1.46. The van der Waals surface area contributed by atoms with Crippen LogP contribution in [-0.2, 0) is 0 Å². The van der Waals surface area contributed by atoms with Crippen LogP contribution in [0.3, 0.4) is 0 Å². The molecule has 1 saturated carbocycles. The first kappa shape index (κ1) is 34.0. The Hall–Kier alpha value is -4.52. The van der Waals surface area contributed by atoms with Crippen LogP contribution in [0.15, 0.2) is 84.9 Å². The molecule has 50 heavy (non-hydrogen) atoms. The van der Waals surface area contributed by atoms with Gasteiger partial charge in [0.2, 0.25) is 0 Å². The molecule has 0 atom stereocenters. The zero-order valence-corrected chi connectivity index (χ0v) is 29.7. The number of aromatic hydroxyl groups is 2. The van der Waals surface area contributed by atoms with E-state index in [9.17, 15) is 20.4 Å². The van der Waals surface area contributed by atoms with Crippen molar-refractivity contribution in [2.24, 2.45) is 0 Å². The molecule has 6 heteroatoms. The molecular weight excluding hydrogens is 620 g/mol. The van der Waals surface area contributed by atoms with Crippen molar-refractivity contribution >= 4 is 54.5 Å². The van der Waals surface area contributed by atoms with Gasteiger partial charge < -0.3 is 30.2 Å². The first-order chi connectivity index (χ1) is 24.4. The molecule has 0 bridgehead atoms. The number of nitrogens with zero attached hydrogens (tertiary/aromatic N) is 2. The summed E-state index contributed by atoms with van der Waals surface area (Å²) in [4.78, 5) is 4.76. The lowest BCUT2D eigenvalue weighted by Gasteiger charge is -2.62. The van der Waals surface area contributed by atoms with Gasteiger partial charge in [-0.2, -0.15) is 0 Å². The summed E-state index contributed by atoms with van der Waals surface area (Å²) in [5, 5.41) is 59.5. The van der Waals surface area contributed by atoms with Crippen molar-refractivity contribution in [2.75, 3.05) is 36.0 Å². The Bertz CT molecular complexity index is 2000. The first-order valence-corrected chi connectivity index (χ1v) is 18.5. The number of phenolic OH excluding ortho intramolecular Hbond substituents is 2. The average molecular weight is 669 g/mol. The van der Waals surface area contributed by atoms with Crippen LogP contribution in [0.4, 0.5) is 11.4 Å². The van der Waals surface area contributed by atoms with E-state index >= 15 is 0 Å². The Labute approximate surface area is 295 Å². The molecule has 0 unspecified atom stereocenters. The van der Waals surface area contributed by atoms with E-state index in [2.05, 4.69) is 49.6 Å². The fourth-order valence-corrected chi connectivity index (χ4v) is 8.91. The van der Waals surface area contributed by atoms with Gasteiger partial charge in [-0.1, -0.05) is 100 Å². The molecule has 0 saturated heterocycles. The van der Waals surface area contributed by atoms with Gasteiger partial charge in [-0.25, -0.2) is 0 Å². The van der Waals surface area contributed by atoms with Crippen LogP contribution < -0.4 is 20.0 Å². The number of anilines is 2. The van der Waals surface area contributed by atoms with Crippen LogP contribution >= 0.6 is 0 Å². The molecular formula is C44H48N2O4-2. The van der Waals surface area contributed by atoms with Gasteiger partial charge in [-0.05, 0) is 71.6 Å². The van der Waals surface area contributed by atoms with Gasteiger partial charge in [0.05, 0.1) is 11.4 Å².